The number of ether oxygens (including phenoxy) is 1. The summed E-state index contributed by atoms with van der Waals surface area (Å²) < 4.78 is 32.0. The third-order valence-electron chi connectivity index (χ3n) is 4.11. The molecule has 0 aliphatic rings. The average Bonchev–Trinajstić information content (AvgIpc) is 2.68. The Kier molecular flexibility index (Phi) is 8.73. The van der Waals surface area contributed by atoms with Crippen molar-refractivity contribution < 1.29 is 23.1 Å². The Balaban J connectivity index is 1.68. The van der Waals surface area contributed by atoms with E-state index in [4.69, 9.17) is 4.74 Å². The van der Waals surface area contributed by atoms with Gasteiger partial charge in [0, 0.05) is 25.6 Å². The number of hydrogen-bond acceptors (Lipinski definition) is 3. The maximum atomic E-state index is 13.5. The molecule has 0 spiro atoms. The third-order valence-corrected chi connectivity index (χ3v) is 4.11. The molecule has 0 bridgehead atoms. The number of nitrogens with one attached hydrogen (secondary N) is 2. The second-order valence-electron chi connectivity index (χ2n) is 6.94. The fraction of sp³-hybridized carbons (Fsp3) is 0.364. The van der Waals surface area contributed by atoms with Gasteiger partial charge < -0.3 is 15.4 Å². The zero-order valence-electron chi connectivity index (χ0n) is 16.6. The summed E-state index contributed by atoms with van der Waals surface area (Å²) in [4.78, 5) is 23.8. The molecule has 0 atom stereocenters. The molecule has 0 aromatic heterocycles. The van der Waals surface area contributed by atoms with E-state index in [-0.39, 0.29) is 30.5 Å². The van der Waals surface area contributed by atoms with Crippen LogP contribution in [0.2, 0.25) is 0 Å². The van der Waals surface area contributed by atoms with Gasteiger partial charge in [-0.05, 0) is 43.5 Å². The van der Waals surface area contributed by atoms with Gasteiger partial charge in [-0.1, -0.05) is 24.3 Å². The van der Waals surface area contributed by atoms with Gasteiger partial charge in [0.2, 0.25) is 5.91 Å². The lowest BCUT2D eigenvalue weighted by Gasteiger charge is -2.10. The van der Waals surface area contributed by atoms with Gasteiger partial charge in [0.05, 0.1) is 18.3 Å². The number of benzene rings is 2. The zero-order chi connectivity index (χ0) is 21.2. The summed E-state index contributed by atoms with van der Waals surface area (Å²) in [5, 5.41) is 5.36. The van der Waals surface area contributed by atoms with Crippen molar-refractivity contribution in [2.45, 2.75) is 45.9 Å². The van der Waals surface area contributed by atoms with E-state index in [1.165, 1.54) is 0 Å². The molecule has 0 aliphatic carbocycles. The van der Waals surface area contributed by atoms with E-state index in [0.717, 1.165) is 23.3 Å². The minimum Gasteiger partial charge on any atom is -0.374 e. The molecule has 2 rings (SSSR count). The highest BCUT2D eigenvalue weighted by atomic mass is 19.1. The lowest BCUT2D eigenvalue weighted by atomic mass is 10.1. The normalized spacial score (nSPS) is 10.8. The first-order valence-electron chi connectivity index (χ1n) is 9.54. The van der Waals surface area contributed by atoms with E-state index in [1.807, 2.05) is 38.1 Å². The van der Waals surface area contributed by atoms with Crippen molar-refractivity contribution in [3.05, 3.63) is 70.8 Å². The van der Waals surface area contributed by atoms with E-state index in [2.05, 4.69) is 10.6 Å². The van der Waals surface area contributed by atoms with Gasteiger partial charge in [-0.15, -0.1) is 0 Å². The highest BCUT2D eigenvalue weighted by Gasteiger charge is 2.12. The molecule has 7 heteroatoms. The minimum atomic E-state index is -0.915. The first-order chi connectivity index (χ1) is 13.8. The van der Waals surface area contributed by atoms with Crippen LogP contribution in [0.25, 0.3) is 0 Å². The van der Waals surface area contributed by atoms with Gasteiger partial charge in [0.15, 0.2) is 0 Å². The van der Waals surface area contributed by atoms with Crippen molar-refractivity contribution in [2.24, 2.45) is 0 Å². The Labute approximate surface area is 169 Å². The summed E-state index contributed by atoms with van der Waals surface area (Å²) in [5.41, 5.74) is 1.79. The predicted molar refractivity (Wildman–Crippen MR) is 106 cm³/mol. The van der Waals surface area contributed by atoms with E-state index in [0.29, 0.717) is 25.6 Å². The molecule has 0 saturated heterocycles. The Morgan fingerprint density at radius 1 is 1.03 bits per heavy atom. The van der Waals surface area contributed by atoms with Crippen LogP contribution in [-0.2, 0) is 22.7 Å². The summed E-state index contributed by atoms with van der Waals surface area (Å²) in [6.07, 6.45) is 0.781. The smallest absolute Gasteiger partial charge is 0.254 e. The Morgan fingerprint density at radius 2 is 1.79 bits per heavy atom. The molecule has 2 amide bonds. The molecule has 29 heavy (non-hydrogen) atoms. The SMILES string of the molecule is CC(C)OCc1cccc(CNC(=O)CCCNC(=O)c2ccc(F)cc2F)c1. The largest absolute Gasteiger partial charge is 0.374 e. The first kappa shape index (κ1) is 22.5. The van der Waals surface area contributed by atoms with Crippen molar-refractivity contribution in [3.63, 3.8) is 0 Å². The van der Waals surface area contributed by atoms with Crippen molar-refractivity contribution in [1.82, 2.24) is 10.6 Å². The molecule has 156 valence electrons. The second kappa shape index (κ2) is 11.3. The molecule has 0 aliphatic heterocycles. The van der Waals surface area contributed by atoms with Crippen LogP contribution < -0.4 is 10.6 Å². The van der Waals surface area contributed by atoms with Crippen LogP contribution in [0.5, 0.6) is 0 Å². The van der Waals surface area contributed by atoms with Crippen molar-refractivity contribution >= 4 is 11.8 Å². The molecule has 0 unspecified atom stereocenters. The molecule has 5 nitrogen and oxygen atoms in total. The van der Waals surface area contributed by atoms with Crippen molar-refractivity contribution in [1.29, 1.82) is 0 Å². The van der Waals surface area contributed by atoms with Crippen LogP contribution in [0.1, 0.15) is 48.2 Å². The summed E-state index contributed by atoms with van der Waals surface area (Å²) in [5.74, 6) is -2.44. The van der Waals surface area contributed by atoms with E-state index < -0.39 is 17.5 Å². The van der Waals surface area contributed by atoms with Gasteiger partial charge in [-0.25, -0.2) is 8.78 Å². The number of carbonyl (C=O) groups excluding carboxylic acids is 2. The zero-order valence-corrected chi connectivity index (χ0v) is 16.6. The molecule has 2 aromatic rings. The van der Waals surface area contributed by atoms with E-state index >= 15 is 0 Å². The molecular weight excluding hydrogens is 378 g/mol. The summed E-state index contributed by atoms with van der Waals surface area (Å²) >= 11 is 0. The summed E-state index contributed by atoms with van der Waals surface area (Å²) in [6, 6.07) is 10.6. The third kappa shape index (κ3) is 7.99. The van der Waals surface area contributed by atoms with Crippen molar-refractivity contribution in [2.75, 3.05) is 6.54 Å². The second-order valence-corrected chi connectivity index (χ2v) is 6.94. The summed E-state index contributed by atoms with van der Waals surface area (Å²) in [7, 11) is 0. The van der Waals surface area contributed by atoms with Gasteiger partial charge in [-0.3, -0.25) is 9.59 Å². The molecule has 2 aromatic carbocycles. The molecule has 0 radical (unpaired) electrons. The van der Waals surface area contributed by atoms with E-state index in [9.17, 15) is 18.4 Å². The topological polar surface area (TPSA) is 67.4 Å². The van der Waals surface area contributed by atoms with Crippen LogP contribution in [-0.4, -0.2) is 24.5 Å². The van der Waals surface area contributed by atoms with Gasteiger partial charge >= 0.3 is 0 Å². The van der Waals surface area contributed by atoms with Crippen LogP contribution in [0.3, 0.4) is 0 Å². The predicted octanol–water partition coefficient (Wildman–Crippen LogP) is 3.72. The minimum absolute atomic E-state index is 0.143. The summed E-state index contributed by atoms with van der Waals surface area (Å²) in [6.45, 7) is 5.09. The Hall–Kier alpha value is -2.80. The number of hydrogen-bond donors (Lipinski definition) is 2. The Bertz CT molecular complexity index is 841. The molecule has 0 heterocycles. The lowest BCUT2D eigenvalue weighted by molar-refractivity contribution is -0.121. The molecule has 0 saturated carbocycles. The van der Waals surface area contributed by atoms with Gasteiger partial charge in [0.25, 0.3) is 5.91 Å². The molecular formula is C22H26F2N2O3. The fourth-order valence-corrected chi connectivity index (χ4v) is 2.60. The molecule has 0 fully saturated rings. The monoisotopic (exact) mass is 404 g/mol. The maximum Gasteiger partial charge on any atom is 0.254 e. The fourth-order valence-electron chi connectivity index (χ4n) is 2.60. The van der Waals surface area contributed by atoms with Crippen LogP contribution in [0.15, 0.2) is 42.5 Å². The highest BCUT2D eigenvalue weighted by molar-refractivity contribution is 5.94. The van der Waals surface area contributed by atoms with E-state index in [1.54, 1.807) is 0 Å². The maximum absolute atomic E-state index is 13.5. The Morgan fingerprint density at radius 3 is 2.52 bits per heavy atom. The lowest BCUT2D eigenvalue weighted by Crippen LogP contribution is -2.28. The average molecular weight is 404 g/mol. The highest BCUT2D eigenvalue weighted by Crippen LogP contribution is 2.10. The van der Waals surface area contributed by atoms with Crippen molar-refractivity contribution in [3.8, 4) is 0 Å². The number of amides is 2. The van der Waals surface area contributed by atoms with Gasteiger partial charge in [-0.2, -0.15) is 0 Å². The number of carbonyl (C=O) groups is 2. The van der Waals surface area contributed by atoms with Crippen LogP contribution in [0.4, 0.5) is 8.78 Å². The standard InChI is InChI=1S/C22H26F2N2O3/c1-15(2)29-14-17-6-3-5-16(11-17)13-26-21(27)7-4-10-25-22(28)19-9-8-18(23)12-20(19)24/h3,5-6,8-9,11-12,15H,4,7,10,13-14H2,1-2H3,(H,25,28)(H,26,27). The quantitative estimate of drug-likeness (QED) is 0.593. The molecule has 2 N–H and O–H groups in total. The number of rotatable bonds is 10. The first-order valence-corrected chi connectivity index (χ1v) is 9.54. The van der Waals surface area contributed by atoms with Crippen LogP contribution in [0, 0.1) is 11.6 Å². The van der Waals surface area contributed by atoms with Gasteiger partial charge in [0.1, 0.15) is 11.6 Å². The number of halogens is 2. The van der Waals surface area contributed by atoms with Crippen LogP contribution >= 0.6 is 0 Å².